The minimum absolute atomic E-state index is 0.151. The van der Waals surface area contributed by atoms with Gasteiger partial charge in [0.25, 0.3) is 0 Å². The van der Waals surface area contributed by atoms with Crippen molar-refractivity contribution in [3.63, 3.8) is 0 Å². The highest BCUT2D eigenvalue weighted by Crippen LogP contribution is 2.42. The van der Waals surface area contributed by atoms with Crippen LogP contribution in [0.4, 0.5) is 0 Å². The lowest BCUT2D eigenvalue weighted by Gasteiger charge is -2.14. The second-order valence-corrected chi connectivity index (χ2v) is 3.81. The molecule has 1 aromatic carbocycles. The number of phenols is 1. The molecule has 0 aliphatic rings. The molecule has 0 saturated heterocycles. The first-order valence-electron chi connectivity index (χ1n) is 4.48. The number of halogens is 1. The van der Waals surface area contributed by atoms with E-state index in [1.807, 2.05) is 0 Å². The molecule has 0 saturated carbocycles. The summed E-state index contributed by atoms with van der Waals surface area (Å²) in [5.41, 5.74) is 6.13. The molecule has 5 heteroatoms. The van der Waals surface area contributed by atoms with Gasteiger partial charge in [0.1, 0.15) is 5.75 Å². The van der Waals surface area contributed by atoms with Crippen LogP contribution in [0.25, 0.3) is 0 Å². The maximum Gasteiger partial charge on any atom is 0.167 e. The lowest BCUT2D eigenvalue weighted by Crippen LogP contribution is -2.05. The molecule has 1 aromatic rings. The van der Waals surface area contributed by atoms with Crippen LogP contribution >= 0.6 is 15.9 Å². The number of ether oxygens (including phenoxy) is 2. The molecule has 0 aliphatic heterocycles. The van der Waals surface area contributed by atoms with E-state index in [0.717, 1.165) is 0 Å². The SMILES string of the molecule is COc1cc(Br)c(O)c(CCN)c1OC. The zero-order valence-corrected chi connectivity index (χ0v) is 10.3. The number of methoxy groups -OCH3 is 2. The topological polar surface area (TPSA) is 64.7 Å². The molecule has 84 valence electrons. The van der Waals surface area contributed by atoms with Crippen molar-refractivity contribution < 1.29 is 14.6 Å². The molecule has 0 fully saturated rings. The van der Waals surface area contributed by atoms with E-state index in [1.54, 1.807) is 13.2 Å². The van der Waals surface area contributed by atoms with E-state index in [2.05, 4.69) is 15.9 Å². The second-order valence-electron chi connectivity index (χ2n) is 2.96. The molecule has 15 heavy (non-hydrogen) atoms. The highest BCUT2D eigenvalue weighted by atomic mass is 79.9. The Morgan fingerprint density at radius 3 is 2.53 bits per heavy atom. The van der Waals surface area contributed by atoms with Crippen molar-refractivity contribution in [1.82, 2.24) is 0 Å². The molecular formula is C10H14BrNO3. The van der Waals surface area contributed by atoms with Crippen molar-refractivity contribution >= 4 is 15.9 Å². The number of aromatic hydroxyl groups is 1. The summed E-state index contributed by atoms with van der Waals surface area (Å²) in [5.74, 6) is 1.26. The molecule has 0 radical (unpaired) electrons. The van der Waals surface area contributed by atoms with E-state index in [0.29, 0.717) is 34.5 Å². The van der Waals surface area contributed by atoms with Crippen LogP contribution in [-0.4, -0.2) is 25.9 Å². The van der Waals surface area contributed by atoms with Gasteiger partial charge in [0.15, 0.2) is 11.5 Å². The van der Waals surface area contributed by atoms with E-state index in [1.165, 1.54) is 7.11 Å². The van der Waals surface area contributed by atoms with Crippen LogP contribution in [0.15, 0.2) is 10.5 Å². The van der Waals surface area contributed by atoms with Crippen LogP contribution in [0.3, 0.4) is 0 Å². The first-order valence-corrected chi connectivity index (χ1v) is 5.27. The van der Waals surface area contributed by atoms with Gasteiger partial charge in [-0.3, -0.25) is 0 Å². The largest absolute Gasteiger partial charge is 0.506 e. The maximum atomic E-state index is 9.82. The van der Waals surface area contributed by atoms with E-state index in [4.69, 9.17) is 15.2 Å². The lowest BCUT2D eigenvalue weighted by atomic mass is 10.1. The maximum absolute atomic E-state index is 9.82. The van der Waals surface area contributed by atoms with Gasteiger partial charge < -0.3 is 20.3 Å². The average Bonchev–Trinajstić information content (AvgIpc) is 2.24. The number of phenolic OH excluding ortho intramolecular Hbond substituents is 1. The summed E-state index contributed by atoms with van der Waals surface area (Å²) in [6.45, 7) is 0.434. The molecule has 0 aliphatic carbocycles. The van der Waals surface area contributed by atoms with Gasteiger partial charge in [-0.15, -0.1) is 0 Å². The fourth-order valence-corrected chi connectivity index (χ4v) is 1.85. The van der Waals surface area contributed by atoms with Crippen LogP contribution in [0.5, 0.6) is 17.2 Å². The summed E-state index contributed by atoms with van der Waals surface area (Å²) in [4.78, 5) is 0. The van der Waals surface area contributed by atoms with Crippen LogP contribution in [0.2, 0.25) is 0 Å². The highest BCUT2D eigenvalue weighted by molar-refractivity contribution is 9.10. The molecule has 4 nitrogen and oxygen atoms in total. The van der Waals surface area contributed by atoms with Crippen LogP contribution in [0, 0.1) is 0 Å². The third kappa shape index (κ3) is 2.35. The van der Waals surface area contributed by atoms with E-state index >= 15 is 0 Å². The minimum atomic E-state index is 0.151. The predicted octanol–water partition coefficient (Wildman–Crippen LogP) is 1.67. The van der Waals surface area contributed by atoms with Gasteiger partial charge in [0.2, 0.25) is 0 Å². The third-order valence-corrected chi connectivity index (χ3v) is 2.69. The molecule has 0 atom stereocenters. The zero-order chi connectivity index (χ0) is 11.4. The number of hydrogen-bond acceptors (Lipinski definition) is 4. The van der Waals surface area contributed by atoms with Gasteiger partial charge in [0, 0.05) is 11.6 Å². The Hall–Kier alpha value is -0.940. The molecule has 1 rings (SSSR count). The summed E-state index contributed by atoms with van der Waals surface area (Å²) >= 11 is 3.24. The van der Waals surface area contributed by atoms with Gasteiger partial charge in [-0.25, -0.2) is 0 Å². The Kier molecular flexibility index (Phi) is 4.23. The fourth-order valence-electron chi connectivity index (χ4n) is 1.40. The minimum Gasteiger partial charge on any atom is -0.506 e. The van der Waals surface area contributed by atoms with Crippen molar-refractivity contribution in [1.29, 1.82) is 0 Å². The summed E-state index contributed by atoms with van der Waals surface area (Å²) in [6, 6.07) is 1.66. The Balaban J connectivity index is 3.35. The molecule has 0 spiro atoms. The van der Waals surface area contributed by atoms with Crippen molar-refractivity contribution in [3.8, 4) is 17.2 Å². The van der Waals surface area contributed by atoms with Gasteiger partial charge in [-0.2, -0.15) is 0 Å². The van der Waals surface area contributed by atoms with Gasteiger partial charge in [0.05, 0.1) is 18.7 Å². The number of benzene rings is 1. The smallest absolute Gasteiger partial charge is 0.167 e. The molecule has 0 unspecified atom stereocenters. The average molecular weight is 276 g/mol. The first-order chi connectivity index (χ1) is 7.15. The standard InChI is InChI=1S/C10H14BrNO3/c1-14-8-5-7(11)9(13)6(3-4-12)10(8)15-2/h5,13H,3-4,12H2,1-2H3. The predicted molar refractivity (Wildman–Crippen MR) is 61.7 cm³/mol. The van der Waals surface area contributed by atoms with Gasteiger partial charge >= 0.3 is 0 Å². The third-order valence-electron chi connectivity index (χ3n) is 2.09. The van der Waals surface area contributed by atoms with E-state index in [9.17, 15) is 5.11 Å². The Morgan fingerprint density at radius 2 is 2.07 bits per heavy atom. The van der Waals surface area contributed by atoms with Crippen molar-refractivity contribution in [2.24, 2.45) is 5.73 Å². The number of rotatable bonds is 4. The zero-order valence-electron chi connectivity index (χ0n) is 8.71. The Labute approximate surface area is 97.1 Å². The quantitative estimate of drug-likeness (QED) is 0.878. The molecule has 0 bridgehead atoms. The summed E-state index contributed by atoms with van der Waals surface area (Å²) < 4.78 is 10.9. The van der Waals surface area contributed by atoms with Crippen molar-refractivity contribution in [2.45, 2.75) is 6.42 Å². The molecular weight excluding hydrogens is 262 g/mol. The normalized spacial score (nSPS) is 10.1. The van der Waals surface area contributed by atoms with Crippen LogP contribution in [0.1, 0.15) is 5.56 Å². The monoisotopic (exact) mass is 275 g/mol. The van der Waals surface area contributed by atoms with Gasteiger partial charge in [-0.1, -0.05) is 0 Å². The highest BCUT2D eigenvalue weighted by Gasteiger charge is 2.17. The first kappa shape index (κ1) is 12.1. The fraction of sp³-hybridized carbons (Fsp3) is 0.400. The lowest BCUT2D eigenvalue weighted by molar-refractivity contribution is 0.346. The van der Waals surface area contributed by atoms with Crippen LogP contribution < -0.4 is 15.2 Å². The van der Waals surface area contributed by atoms with E-state index < -0.39 is 0 Å². The van der Waals surface area contributed by atoms with Gasteiger partial charge in [-0.05, 0) is 28.9 Å². The molecule has 3 N–H and O–H groups in total. The molecule has 0 amide bonds. The Bertz CT molecular complexity index is 355. The van der Waals surface area contributed by atoms with Crippen molar-refractivity contribution in [2.75, 3.05) is 20.8 Å². The van der Waals surface area contributed by atoms with E-state index in [-0.39, 0.29) is 5.75 Å². The molecule has 0 aromatic heterocycles. The van der Waals surface area contributed by atoms with Crippen molar-refractivity contribution in [3.05, 3.63) is 16.1 Å². The summed E-state index contributed by atoms with van der Waals surface area (Å²) in [7, 11) is 3.08. The second kappa shape index (κ2) is 5.23. The Morgan fingerprint density at radius 1 is 1.40 bits per heavy atom. The number of hydrogen-bond donors (Lipinski definition) is 2. The summed E-state index contributed by atoms with van der Waals surface area (Å²) in [5, 5.41) is 9.82. The van der Waals surface area contributed by atoms with Crippen LogP contribution in [-0.2, 0) is 6.42 Å². The summed E-state index contributed by atoms with van der Waals surface area (Å²) in [6.07, 6.45) is 0.533. The molecule has 0 heterocycles. The number of nitrogens with two attached hydrogens (primary N) is 1.